The van der Waals surface area contributed by atoms with Gasteiger partial charge in [-0.1, -0.05) is 0 Å². The molecule has 0 N–H and O–H groups in total. The van der Waals surface area contributed by atoms with Crippen LogP contribution >= 0.6 is 0 Å². The third kappa shape index (κ3) is 3.13. The van der Waals surface area contributed by atoms with Gasteiger partial charge in [-0.3, -0.25) is 4.90 Å². The Morgan fingerprint density at radius 1 is 1.44 bits per heavy atom. The lowest BCUT2D eigenvalue weighted by Crippen LogP contribution is -2.61. The Labute approximate surface area is 107 Å². The van der Waals surface area contributed by atoms with E-state index in [4.69, 9.17) is 10.00 Å². The zero-order valence-corrected chi connectivity index (χ0v) is 11.3. The van der Waals surface area contributed by atoms with Crippen molar-refractivity contribution in [2.75, 3.05) is 19.6 Å². The first kappa shape index (κ1) is 14.3. The number of nitrogens with zero attached hydrogens (tertiary/aromatic N) is 3. The van der Waals surface area contributed by atoms with Crippen molar-refractivity contribution in [3.8, 4) is 6.19 Å². The molecule has 6 nitrogen and oxygen atoms in total. The van der Waals surface area contributed by atoms with Gasteiger partial charge in [0.15, 0.2) is 6.19 Å². The van der Waals surface area contributed by atoms with Crippen LogP contribution in [0.2, 0.25) is 0 Å². The van der Waals surface area contributed by atoms with Crippen LogP contribution in [0.15, 0.2) is 0 Å². The molecule has 0 saturated carbocycles. The lowest BCUT2D eigenvalue weighted by Gasteiger charge is -2.42. The van der Waals surface area contributed by atoms with Crippen molar-refractivity contribution in [3.63, 3.8) is 0 Å². The molecule has 1 amide bonds. The van der Waals surface area contributed by atoms with E-state index in [0.717, 1.165) is 0 Å². The number of rotatable bonds is 1. The van der Waals surface area contributed by atoms with E-state index in [2.05, 4.69) is 0 Å². The van der Waals surface area contributed by atoms with Crippen LogP contribution in [0.5, 0.6) is 0 Å². The highest BCUT2D eigenvalue weighted by Gasteiger charge is 2.40. The van der Waals surface area contributed by atoms with Gasteiger partial charge in [0.1, 0.15) is 17.4 Å². The molecule has 1 aliphatic rings. The highest BCUT2D eigenvalue weighted by atomic mass is 16.6. The summed E-state index contributed by atoms with van der Waals surface area (Å²) in [6.45, 7) is 7.88. The molecule has 1 fully saturated rings. The lowest BCUT2D eigenvalue weighted by atomic mass is 9.99. The molecule has 1 rings (SSSR count). The van der Waals surface area contributed by atoms with Crippen molar-refractivity contribution in [2.45, 2.75) is 38.8 Å². The van der Waals surface area contributed by atoms with E-state index in [9.17, 15) is 9.59 Å². The van der Waals surface area contributed by atoms with E-state index in [-0.39, 0.29) is 6.54 Å². The van der Waals surface area contributed by atoms with Crippen LogP contribution in [0.3, 0.4) is 0 Å². The number of aldehydes is 1. The minimum absolute atomic E-state index is 0.166. The van der Waals surface area contributed by atoms with E-state index in [1.807, 2.05) is 6.19 Å². The van der Waals surface area contributed by atoms with Crippen LogP contribution in [0.4, 0.5) is 4.79 Å². The summed E-state index contributed by atoms with van der Waals surface area (Å²) in [5, 5.41) is 8.95. The summed E-state index contributed by atoms with van der Waals surface area (Å²) in [7, 11) is 0. The van der Waals surface area contributed by atoms with E-state index >= 15 is 0 Å². The normalized spacial score (nSPS) is 24.4. The quantitative estimate of drug-likeness (QED) is 0.514. The molecule has 100 valence electrons. The lowest BCUT2D eigenvalue weighted by molar-refractivity contribution is -0.118. The van der Waals surface area contributed by atoms with Gasteiger partial charge in [-0.15, -0.1) is 0 Å². The molecule has 1 atom stereocenters. The zero-order chi connectivity index (χ0) is 14.0. The van der Waals surface area contributed by atoms with Crippen molar-refractivity contribution in [2.24, 2.45) is 0 Å². The highest BCUT2D eigenvalue weighted by Crippen LogP contribution is 2.20. The predicted octanol–water partition coefficient (Wildman–Crippen LogP) is 0.978. The zero-order valence-electron chi connectivity index (χ0n) is 11.3. The fourth-order valence-corrected chi connectivity index (χ4v) is 1.77. The van der Waals surface area contributed by atoms with Gasteiger partial charge in [0.25, 0.3) is 0 Å². The van der Waals surface area contributed by atoms with Gasteiger partial charge in [-0.25, -0.2) is 4.79 Å². The molecular weight excluding hydrogens is 234 g/mol. The van der Waals surface area contributed by atoms with E-state index < -0.39 is 17.2 Å². The van der Waals surface area contributed by atoms with Crippen molar-refractivity contribution < 1.29 is 14.3 Å². The number of hydrogen-bond acceptors (Lipinski definition) is 5. The van der Waals surface area contributed by atoms with Crippen molar-refractivity contribution >= 4 is 12.4 Å². The Morgan fingerprint density at radius 3 is 2.50 bits per heavy atom. The van der Waals surface area contributed by atoms with Crippen LogP contribution in [0.25, 0.3) is 0 Å². The summed E-state index contributed by atoms with van der Waals surface area (Å²) in [5.74, 6) is 0. The second kappa shape index (κ2) is 4.84. The van der Waals surface area contributed by atoms with Crippen LogP contribution < -0.4 is 0 Å². The third-order valence-corrected chi connectivity index (χ3v) is 2.75. The van der Waals surface area contributed by atoms with Gasteiger partial charge in [0, 0.05) is 13.1 Å². The number of piperazine rings is 1. The van der Waals surface area contributed by atoms with Crippen molar-refractivity contribution in [3.05, 3.63) is 0 Å². The molecule has 1 aliphatic heterocycles. The summed E-state index contributed by atoms with van der Waals surface area (Å²) in [6, 6.07) is 0. The number of ether oxygens (including phenoxy) is 1. The summed E-state index contributed by atoms with van der Waals surface area (Å²) in [6.07, 6.45) is 2.23. The number of carbonyl (C=O) groups is 2. The molecule has 0 aromatic heterocycles. The topological polar surface area (TPSA) is 73.6 Å². The van der Waals surface area contributed by atoms with Gasteiger partial charge in [0.2, 0.25) is 0 Å². The SMILES string of the molecule is CC(C)(C)OC(=O)N1CCN(C#N)C(C)(C=O)C1. The highest BCUT2D eigenvalue weighted by molar-refractivity contribution is 5.71. The first-order chi connectivity index (χ1) is 8.22. The number of nitriles is 1. The molecule has 0 aliphatic carbocycles. The minimum Gasteiger partial charge on any atom is -0.444 e. The van der Waals surface area contributed by atoms with E-state index in [1.165, 1.54) is 9.80 Å². The van der Waals surface area contributed by atoms with Gasteiger partial charge >= 0.3 is 6.09 Å². The largest absolute Gasteiger partial charge is 0.444 e. The number of hydrogen-bond donors (Lipinski definition) is 0. The summed E-state index contributed by atoms with van der Waals surface area (Å²) in [5.41, 5.74) is -1.54. The Hall–Kier alpha value is -1.77. The maximum atomic E-state index is 11.9. The van der Waals surface area contributed by atoms with E-state index in [0.29, 0.717) is 19.4 Å². The molecule has 6 heteroatoms. The van der Waals surface area contributed by atoms with Crippen LogP contribution in [0.1, 0.15) is 27.7 Å². The molecular formula is C12H19N3O3. The second-order valence-electron chi connectivity index (χ2n) is 5.63. The predicted molar refractivity (Wildman–Crippen MR) is 64.6 cm³/mol. The molecule has 1 heterocycles. The van der Waals surface area contributed by atoms with Crippen molar-refractivity contribution in [1.29, 1.82) is 5.26 Å². The summed E-state index contributed by atoms with van der Waals surface area (Å²) < 4.78 is 5.25. The first-order valence-corrected chi connectivity index (χ1v) is 5.83. The fraction of sp³-hybridized carbons (Fsp3) is 0.750. The average Bonchev–Trinajstić information content (AvgIpc) is 2.26. The molecule has 0 radical (unpaired) electrons. The first-order valence-electron chi connectivity index (χ1n) is 5.83. The standard InChI is InChI=1S/C12H19N3O3/c1-11(2,3)18-10(17)14-5-6-15(9-13)12(4,7-14)8-16/h8H,5-7H2,1-4H3. The van der Waals surface area contributed by atoms with Gasteiger partial charge < -0.3 is 14.4 Å². The second-order valence-corrected chi connectivity index (χ2v) is 5.63. The van der Waals surface area contributed by atoms with Gasteiger partial charge in [-0.05, 0) is 27.7 Å². The average molecular weight is 253 g/mol. The fourth-order valence-electron chi connectivity index (χ4n) is 1.77. The molecule has 0 bridgehead atoms. The molecule has 1 unspecified atom stereocenters. The van der Waals surface area contributed by atoms with Gasteiger partial charge in [0.05, 0.1) is 6.54 Å². The Morgan fingerprint density at radius 2 is 2.06 bits per heavy atom. The molecule has 0 aromatic rings. The maximum Gasteiger partial charge on any atom is 0.410 e. The Balaban J connectivity index is 2.76. The summed E-state index contributed by atoms with van der Waals surface area (Å²) in [4.78, 5) is 25.9. The Bertz CT molecular complexity index is 383. The molecule has 18 heavy (non-hydrogen) atoms. The molecule has 0 spiro atoms. The smallest absolute Gasteiger partial charge is 0.410 e. The maximum absolute atomic E-state index is 11.9. The molecule has 0 aromatic carbocycles. The monoisotopic (exact) mass is 253 g/mol. The number of carbonyl (C=O) groups excluding carboxylic acids is 2. The van der Waals surface area contributed by atoms with Crippen LogP contribution in [-0.4, -0.2) is 53.0 Å². The van der Waals surface area contributed by atoms with Crippen molar-refractivity contribution in [1.82, 2.24) is 9.80 Å². The van der Waals surface area contributed by atoms with Crippen LogP contribution in [0, 0.1) is 11.5 Å². The third-order valence-electron chi connectivity index (χ3n) is 2.75. The molecule has 1 saturated heterocycles. The van der Waals surface area contributed by atoms with E-state index in [1.54, 1.807) is 27.7 Å². The minimum atomic E-state index is -0.968. The van der Waals surface area contributed by atoms with Crippen LogP contribution in [-0.2, 0) is 9.53 Å². The Kier molecular flexibility index (Phi) is 3.85. The van der Waals surface area contributed by atoms with Gasteiger partial charge in [-0.2, -0.15) is 5.26 Å². The summed E-state index contributed by atoms with van der Waals surface area (Å²) >= 11 is 0. The number of amides is 1.